The number of ether oxygens (including phenoxy) is 2. The summed E-state index contributed by atoms with van der Waals surface area (Å²) < 4.78 is 66.7. The second-order valence-corrected chi connectivity index (χ2v) is 13.2. The molecule has 5 rings (SSSR count). The van der Waals surface area contributed by atoms with E-state index in [2.05, 4.69) is 58.4 Å². The predicted molar refractivity (Wildman–Crippen MR) is 177 cm³/mol. The van der Waals surface area contributed by atoms with E-state index in [-0.39, 0.29) is 52.0 Å². The lowest BCUT2D eigenvalue weighted by molar-refractivity contribution is -0.140. The number of anilines is 1. The second-order valence-electron chi connectivity index (χ2n) is 13.2. The van der Waals surface area contributed by atoms with Crippen molar-refractivity contribution in [2.75, 3.05) is 45.7 Å². The molecule has 14 heteroatoms. The van der Waals surface area contributed by atoms with Crippen LogP contribution >= 0.6 is 0 Å². The van der Waals surface area contributed by atoms with Crippen LogP contribution in [0.5, 0.6) is 5.75 Å². The first kappa shape index (κ1) is 35.9. The molecule has 3 N–H and O–H groups in total. The molecule has 264 valence electrons. The van der Waals surface area contributed by atoms with Gasteiger partial charge in [-0.2, -0.15) is 13.2 Å². The van der Waals surface area contributed by atoms with Crippen LogP contribution in [0, 0.1) is 23.6 Å². The van der Waals surface area contributed by atoms with Crippen LogP contribution < -0.4 is 20.7 Å². The van der Waals surface area contributed by atoms with E-state index >= 15 is 0 Å². The van der Waals surface area contributed by atoms with Crippen molar-refractivity contribution in [2.45, 2.75) is 70.4 Å². The number of imidazole rings is 1. The molecule has 2 aliphatic heterocycles. The lowest BCUT2D eigenvalue weighted by Crippen LogP contribution is -2.55. The average Bonchev–Trinajstić information content (AvgIpc) is 3.43. The van der Waals surface area contributed by atoms with Crippen LogP contribution in [0.25, 0.3) is 11.0 Å². The summed E-state index contributed by atoms with van der Waals surface area (Å²) in [6, 6.07) is 5.66. The highest BCUT2D eigenvalue weighted by Crippen LogP contribution is 2.31. The van der Waals surface area contributed by atoms with Gasteiger partial charge in [-0.05, 0) is 57.2 Å². The van der Waals surface area contributed by atoms with Crippen molar-refractivity contribution in [3.8, 4) is 17.6 Å². The average molecular weight is 687 g/mol. The molecule has 0 radical (unpaired) electrons. The first-order chi connectivity index (χ1) is 23.2. The molecular weight excluding hydrogens is 644 g/mol. The molecule has 49 heavy (non-hydrogen) atoms. The highest BCUT2D eigenvalue weighted by atomic mass is 19.4. The fourth-order valence-electron chi connectivity index (χ4n) is 6.67. The van der Waals surface area contributed by atoms with Gasteiger partial charge < -0.3 is 30.0 Å². The van der Waals surface area contributed by atoms with Crippen molar-refractivity contribution < 1.29 is 36.6 Å². The summed E-state index contributed by atoms with van der Waals surface area (Å²) >= 11 is 0. The fraction of sp³-hybridized carbons (Fsp3) is 0.514. The van der Waals surface area contributed by atoms with Gasteiger partial charge in [0.05, 0.1) is 47.9 Å². The van der Waals surface area contributed by atoms with Crippen LogP contribution in [-0.2, 0) is 11.3 Å². The first-order valence-corrected chi connectivity index (χ1v) is 16.2. The second kappa shape index (κ2) is 14.6. The van der Waals surface area contributed by atoms with Crippen molar-refractivity contribution in [1.82, 2.24) is 25.1 Å². The minimum Gasteiger partial charge on any atom is -0.494 e. The number of benzene rings is 2. The normalized spacial score (nSPS) is 21.0. The van der Waals surface area contributed by atoms with Crippen LogP contribution in [0.4, 0.5) is 23.2 Å². The maximum atomic E-state index is 14.4. The zero-order valence-electron chi connectivity index (χ0n) is 28.3. The molecule has 0 spiro atoms. The Hall–Kier alpha value is -4.35. The van der Waals surface area contributed by atoms with Gasteiger partial charge in [-0.15, -0.1) is 0 Å². The molecule has 0 saturated carbocycles. The van der Waals surface area contributed by atoms with E-state index in [0.29, 0.717) is 23.9 Å². The highest BCUT2D eigenvalue weighted by Gasteiger charge is 2.37. The van der Waals surface area contributed by atoms with E-state index in [1.54, 1.807) is 0 Å². The van der Waals surface area contributed by atoms with Crippen LogP contribution in [-0.4, -0.2) is 90.5 Å². The SMILES string of the molecule is CNC(=O)c1cc(NCC#Cc2cc(C(=O)N[C@H]3CCN(C4CCOC(C)(C)C4)C[C@@H]3C)c3ncn(CC(F)(F)F)c3c2)c(OC)cc1F. The van der Waals surface area contributed by atoms with Gasteiger partial charge in [0, 0.05) is 50.5 Å². The van der Waals surface area contributed by atoms with Gasteiger partial charge >= 0.3 is 6.18 Å². The molecule has 3 heterocycles. The standard InChI is InChI=1S/C35H42F4N6O4/c1-21-18-44(23-9-12-49-34(2,3)17-23)11-8-27(21)43-33(47)25-13-22(14-29-31(25)42-20-45(29)19-35(37,38)39)7-6-10-41-28-15-24(32(46)40-4)26(36)16-30(28)48-5/h13-16,20-21,23,27,41H,8-12,17-19H2,1-5H3,(H,40,46)(H,43,47)/t21-,23?,27-/m0/s1. The topological polar surface area (TPSA) is 110 Å². The molecule has 2 amide bonds. The molecule has 1 unspecified atom stereocenters. The summed E-state index contributed by atoms with van der Waals surface area (Å²) in [6.45, 7) is 7.38. The van der Waals surface area contributed by atoms with Gasteiger partial charge in [-0.3, -0.25) is 14.5 Å². The number of hydrogen-bond donors (Lipinski definition) is 3. The molecule has 1 aromatic heterocycles. The number of methoxy groups -OCH3 is 1. The van der Waals surface area contributed by atoms with Crippen LogP contribution in [0.15, 0.2) is 30.6 Å². The molecular formula is C35H42F4N6O4. The molecule has 0 bridgehead atoms. The molecule has 2 aliphatic rings. The number of piperidine rings is 1. The van der Waals surface area contributed by atoms with E-state index in [0.717, 1.165) is 49.3 Å². The number of carbonyl (C=O) groups excluding carboxylic acids is 2. The van der Waals surface area contributed by atoms with Gasteiger partial charge in [-0.1, -0.05) is 18.8 Å². The van der Waals surface area contributed by atoms with Gasteiger partial charge in [0.25, 0.3) is 11.8 Å². The number of fused-ring (bicyclic) bond motifs is 1. The number of likely N-dealkylation sites (tertiary alicyclic amines) is 1. The maximum absolute atomic E-state index is 14.4. The predicted octanol–water partition coefficient (Wildman–Crippen LogP) is 4.97. The molecule has 0 aliphatic carbocycles. The number of nitrogens with one attached hydrogen (secondary N) is 3. The van der Waals surface area contributed by atoms with Crippen molar-refractivity contribution in [2.24, 2.45) is 5.92 Å². The molecule has 2 fully saturated rings. The molecule has 10 nitrogen and oxygen atoms in total. The van der Waals surface area contributed by atoms with Crippen molar-refractivity contribution in [3.05, 3.63) is 53.1 Å². The van der Waals surface area contributed by atoms with Crippen molar-refractivity contribution in [3.63, 3.8) is 0 Å². The van der Waals surface area contributed by atoms with E-state index in [1.807, 2.05) is 0 Å². The van der Waals surface area contributed by atoms with Gasteiger partial charge in [-0.25, -0.2) is 9.37 Å². The summed E-state index contributed by atoms with van der Waals surface area (Å²) in [5, 5.41) is 8.48. The molecule has 2 aromatic carbocycles. The Bertz CT molecular complexity index is 1760. The van der Waals surface area contributed by atoms with Crippen LogP contribution in [0.1, 0.15) is 66.3 Å². The minimum atomic E-state index is -4.51. The maximum Gasteiger partial charge on any atom is 0.406 e. The Morgan fingerprint density at radius 3 is 2.59 bits per heavy atom. The van der Waals surface area contributed by atoms with Gasteiger partial charge in [0.2, 0.25) is 0 Å². The highest BCUT2D eigenvalue weighted by molar-refractivity contribution is 6.05. The lowest BCUT2D eigenvalue weighted by Gasteiger charge is -2.46. The Balaban J connectivity index is 1.36. The van der Waals surface area contributed by atoms with E-state index in [1.165, 1.54) is 32.4 Å². The largest absolute Gasteiger partial charge is 0.494 e. The molecule has 3 atom stereocenters. The first-order valence-electron chi connectivity index (χ1n) is 16.2. The van der Waals surface area contributed by atoms with Crippen LogP contribution in [0.3, 0.4) is 0 Å². The number of rotatable bonds is 8. The summed E-state index contributed by atoms with van der Waals surface area (Å²) in [6.07, 6.45) is -0.797. The summed E-state index contributed by atoms with van der Waals surface area (Å²) in [7, 11) is 2.74. The smallest absolute Gasteiger partial charge is 0.406 e. The van der Waals surface area contributed by atoms with Crippen molar-refractivity contribution in [1.29, 1.82) is 0 Å². The van der Waals surface area contributed by atoms with Crippen LogP contribution in [0.2, 0.25) is 0 Å². The Labute approximate surface area is 282 Å². The third kappa shape index (κ3) is 8.63. The number of amides is 2. The Kier molecular flexibility index (Phi) is 10.7. The van der Waals surface area contributed by atoms with Gasteiger partial charge in [0.1, 0.15) is 23.6 Å². The fourth-order valence-corrected chi connectivity index (χ4v) is 6.67. The Morgan fingerprint density at radius 1 is 1.14 bits per heavy atom. The number of halogens is 4. The zero-order valence-corrected chi connectivity index (χ0v) is 28.3. The monoisotopic (exact) mass is 686 g/mol. The van der Waals surface area contributed by atoms with E-state index in [9.17, 15) is 27.2 Å². The lowest BCUT2D eigenvalue weighted by atomic mass is 9.88. The number of aromatic nitrogens is 2. The number of nitrogens with zero attached hydrogens (tertiary/aromatic N) is 3. The zero-order chi connectivity index (χ0) is 35.5. The summed E-state index contributed by atoms with van der Waals surface area (Å²) in [5.74, 6) is 4.29. The van der Waals surface area contributed by atoms with Gasteiger partial charge in [0.15, 0.2) is 0 Å². The quantitative estimate of drug-likeness (QED) is 0.227. The number of carbonyl (C=O) groups is 2. The molecule has 3 aromatic rings. The van der Waals surface area contributed by atoms with E-state index < -0.39 is 30.4 Å². The third-order valence-electron chi connectivity index (χ3n) is 9.12. The minimum absolute atomic E-state index is 0.0109. The number of alkyl halides is 3. The Morgan fingerprint density at radius 2 is 1.92 bits per heavy atom. The number of hydrogen-bond acceptors (Lipinski definition) is 7. The van der Waals surface area contributed by atoms with E-state index in [4.69, 9.17) is 9.47 Å². The summed E-state index contributed by atoms with van der Waals surface area (Å²) in [4.78, 5) is 32.5. The third-order valence-corrected chi connectivity index (χ3v) is 9.12. The summed E-state index contributed by atoms with van der Waals surface area (Å²) in [5.41, 5.74) is 0.672. The molecule has 2 saturated heterocycles. The van der Waals surface area contributed by atoms with Crippen molar-refractivity contribution >= 4 is 28.5 Å².